The summed E-state index contributed by atoms with van der Waals surface area (Å²) in [5.41, 5.74) is 2.47. The van der Waals surface area contributed by atoms with Crippen molar-refractivity contribution in [1.82, 2.24) is 10.6 Å². The van der Waals surface area contributed by atoms with Gasteiger partial charge in [-0.15, -0.1) is 0 Å². The zero-order chi connectivity index (χ0) is 21.7. The number of nitrogens with one attached hydrogen (secondary N) is 2. The Morgan fingerprint density at radius 2 is 1.93 bits per heavy atom. The third-order valence-electron chi connectivity index (χ3n) is 4.72. The fraction of sp³-hybridized carbons (Fsp3) is 0.273. The molecule has 2 aromatic rings. The minimum Gasteiger partial charge on any atom is -0.493 e. The summed E-state index contributed by atoms with van der Waals surface area (Å²) in [7, 11) is 2.84. The summed E-state index contributed by atoms with van der Waals surface area (Å²) in [5.74, 6) is 0.495. The first-order valence-electron chi connectivity index (χ1n) is 9.40. The molecule has 0 aliphatic carbocycles. The molecule has 0 spiro atoms. The molecule has 1 unspecified atom stereocenters. The largest absolute Gasteiger partial charge is 0.493 e. The van der Waals surface area contributed by atoms with Crippen LogP contribution in [0.2, 0.25) is 5.02 Å². The molecule has 0 bridgehead atoms. The topological polar surface area (TPSA) is 85.9 Å². The lowest BCUT2D eigenvalue weighted by atomic mass is 9.94. The van der Waals surface area contributed by atoms with Crippen molar-refractivity contribution in [2.45, 2.75) is 26.0 Å². The van der Waals surface area contributed by atoms with Gasteiger partial charge < -0.3 is 24.8 Å². The first-order valence-corrected chi connectivity index (χ1v) is 9.78. The smallest absolute Gasteiger partial charge is 0.337 e. The van der Waals surface area contributed by atoms with E-state index in [-0.39, 0.29) is 6.03 Å². The second-order valence-electron chi connectivity index (χ2n) is 6.60. The van der Waals surface area contributed by atoms with Gasteiger partial charge in [-0.25, -0.2) is 9.59 Å². The van der Waals surface area contributed by atoms with Gasteiger partial charge in [-0.1, -0.05) is 36.7 Å². The highest BCUT2D eigenvalue weighted by molar-refractivity contribution is 6.30. The van der Waals surface area contributed by atoms with Crippen molar-refractivity contribution in [1.29, 1.82) is 0 Å². The molecule has 2 N–H and O–H groups in total. The van der Waals surface area contributed by atoms with Crippen molar-refractivity contribution < 1.29 is 23.8 Å². The Balaban J connectivity index is 1.90. The van der Waals surface area contributed by atoms with Crippen LogP contribution in [0.25, 0.3) is 0 Å². The molecule has 8 heteroatoms. The highest BCUT2D eigenvalue weighted by atomic mass is 35.5. The summed E-state index contributed by atoms with van der Waals surface area (Å²) in [6.07, 6.45) is 0.478. The Kier molecular flexibility index (Phi) is 6.84. The molecule has 0 aromatic heterocycles. The van der Waals surface area contributed by atoms with Gasteiger partial charge in [0.15, 0.2) is 11.5 Å². The zero-order valence-electron chi connectivity index (χ0n) is 17.0. The standard InChI is InChI=1S/C22H23ClN2O5/c1-4-16-19(21(26)29-3)20(25-22(27)24-16)14-8-9-17(18(11-14)28-2)30-12-13-6-5-7-15(23)10-13/h5-11,20H,4,12H2,1-3H3,(H2,24,25,27). The number of allylic oxidation sites excluding steroid dienone is 1. The molecule has 1 aliphatic rings. The van der Waals surface area contributed by atoms with E-state index >= 15 is 0 Å². The van der Waals surface area contributed by atoms with Gasteiger partial charge in [-0.2, -0.15) is 0 Å². The van der Waals surface area contributed by atoms with Crippen molar-refractivity contribution in [3.05, 3.63) is 69.9 Å². The van der Waals surface area contributed by atoms with Crippen LogP contribution in [0, 0.1) is 0 Å². The molecular formula is C22H23ClN2O5. The van der Waals surface area contributed by atoms with Crippen molar-refractivity contribution in [2.24, 2.45) is 0 Å². The Hall–Kier alpha value is -3.19. The van der Waals surface area contributed by atoms with E-state index in [0.717, 1.165) is 5.56 Å². The van der Waals surface area contributed by atoms with E-state index in [2.05, 4.69) is 10.6 Å². The molecule has 30 heavy (non-hydrogen) atoms. The number of hydrogen-bond acceptors (Lipinski definition) is 5. The van der Waals surface area contributed by atoms with Gasteiger partial charge in [0, 0.05) is 10.7 Å². The highest BCUT2D eigenvalue weighted by Crippen LogP contribution is 2.35. The number of hydrogen-bond donors (Lipinski definition) is 2. The summed E-state index contributed by atoms with van der Waals surface area (Å²) in [4.78, 5) is 24.5. The SMILES string of the molecule is CCC1=C(C(=O)OC)C(c2ccc(OCc3cccc(Cl)c3)c(OC)c2)NC(=O)N1. The third-order valence-corrected chi connectivity index (χ3v) is 4.95. The Labute approximate surface area is 180 Å². The number of carbonyl (C=O) groups is 2. The summed E-state index contributed by atoms with van der Waals surface area (Å²) >= 11 is 6.02. The average Bonchev–Trinajstić information content (AvgIpc) is 2.76. The van der Waals surface area contributed by atoms with Gasteiger partial charge in [-0.3, -0.25) is 0 Å². The molecule has 0 saturated carbocycles. The molecule has 7 nitrogen and oxygen atoms in total. The van der Waals surface area contributed by atoms with Crippen molar-refractivity contribution >= 4 is 23.6 Å². The van der Waals surface area contributed by atoms with E-state index < -0.39 is 12.0 Å². The maximum atomic E-state index is 12.4. The van der Waals surface area contributed by atoms with Crippen molar-refractivity contribution in [2.75, 3.05) is 14.2 Å². The van der Waals surface area contributed by atoms with E-state index in [1.165, 1.54) is 14.2 Å². The van der Waals surface area contributed by atoms with Gasteiger partial charge >= 0.3 is 12.0 Å². The van der Waals surface area contributed by atoms with Crippen molar-refractivity contribution in [3.63, 3.8) is 0 Å². The Bertz CT molecular complexity index is 989. The van der Waals surface area contributed by atoms with Crippen LogP contribution in [0.3, 0.4) is 0 Å². The van der Waals surface area contributed by atoms with E-state index in [1.807, 2.05) is 25.1 Å². The number of amides is 2. The minimum atomic E-state index is -0.669. The number of methoxy groups -OCH3 is 2. The number of benzene rings is 2. The van der Waals surface area contributed by atoms with E-state index in [1.54, 1.807) is 24.3 Å². The van der Waals surface area contributed by atoms with Crippen LogP contribution in [0.1, 0.15) is 30.5 Å². The molecule has 158 valence electrons. The first kappa shape index (κ1) is 21.5. The quantitative estimate of drug-likeness (QED) is 0.645. The van der Waals surface area contributed by atoms with E-state index in [0.29, 0.717) is 46.4 Å². The second-order valence-corrected chi connectivity index (χ2v) is 7.03. The molecule has 0 saturated heterocycles. The molecule has 1 atom stereocenters. The van der Waals surface area contributed by atoms with E-state index in [4.69, 9.17) is 25.8 Å². The summed E-state index contributed by atoms with van der Waals surface area (Å²) in [5, 5.41) is 6.09. The first-order chi connectivity index (χ1) is 14.5. The molecule has 0 radical (unpaired) electrons. The number of urea groups is 1. The lowest BCUT2D eigenvalue weighted by Gasteiger charge is -2.29. The molecule has 3 rings (SSSR count). The van der Waals surface area contributed by atoms with Crippen LogP contribution in [0.4, 0.5) is 4.79 Å². The number of carbonyl (C=O) groups excluding carboxylic acids is 2. The van der Waals surface area contributed by atoms with Crippen LogP contribution in [-0.4, -0.2) is 26.2 Å². The number of rotatable bonds is 7. The fourth-order valence-electron chi connectivity index (χ4n) is 3.27. The van der Waals surface area contributed by atoms with Gasteiger partial charge in [0.05, 0.1) is 25.8 Å². The third kappa shape index (κ3) is 4.68. The van der Waals surface area contributed by atoms with Gasteiger partial charge in [0.25, 0.3) is 0 Å². The monoisotopic (exact) mass is 430 g/mol. The number of ether oxygens (including phenoxy) is 3. The average molecular weight is 431 g/mol. The zero-order valence-corrected chi connectivity index (χ0v) is 17.7. The van der Waals surface area contributed by atoms with Crippen LogP contribution in [0.15, 0.2) is 53.7 Å². The Morgan fingerprint density at radius 1 is 1.13 bits per heavy atom. The second kappa shape index (κ2) is 9.54. The predicted octanol–water partition coefficient (Wildman–Crippen LogP) is 4.12. The normalized spacial score (nSPS) is 15.9. The van der Waals surface area contributed by atoms with Crippen LogP contribution < -0.4 is 20.1 Å². The maximum Gasteiger partial charge on any atom is 0.337 e. The van der Waals surface area contributed by atoms with Crippen LogP contribution in [0.5, 0.6) is 11.5 Å². The predicted molar refractivity (Wildman–Crippen MR) is 113 cm³/mol. The van der Waals surface area contributed by atoms with Gasteiger partial charge in [0.2, 0.25) is 0 Å². The molecule has 0 fully saturated rings. The molecule has 1 heterocycles. The summed E-state index contributed by atoms with van der Waals surface area (Å²) < 4.78 is 16.3. The summed E-state index contributed by atoms with van der Waals surface area (Å²) in [6.45, 7) is 2.17. The van der Waals surface area contributed by atoms with E-state index in [9.17, 15) is 9.59 Å². The number of halogens is 1. The number of esters is 1. The van der Waals surface area contributed by atoms with Crippen LogP contribution in [-0.2, 0) is 16.1 Å². The molecule has 1 aliphatic heterocycles. The molecule has 2 aromatic carbocycles. The minimum absolute atomic E-state index is 0.313. The lowest BCUT2D eigenvalue weighted by molar-refractivity contribution is -0.136. The van der Waals surface area contributed by atoms with Gasteiger partial charge in [-0.05, 0) is 41.8 Å². The van der Waals surface area contributed by atoms with Gasteiger partial charge in [0.1, 0.15) is 6.61 Å². The fourth-order valence-corrected chi connectivity index (χ4v) is 3.48. The summed E-state index contributed by atoms with van der Waals surface area (Å²) in [6, 6.07) is 11.6. The lowest BCUT2D eigenvalue weighted by Crippen LogP contribution is -2.45. The molecular weight excluding hydrogens is 408 g/mol. The van der Waals surface area contributed by atoms with Crippen LogP contribution >= 0.6 is 11.6 Å². The molecule has 2 amide bonds. The van der Waals surface area contributed by atoms with Crippen molar-refractivity contribution in [3.8, 4) is 11.5 Å². The Morgan fingerprint density at radius 3 is 2.60 bits per heavy atom. The maximum absolute atomic E-state index is 12.4. The highest BCUT2D eigenvalue weighted by Gasteiger charge is 2.33.